The Hall–Kier alpha value is -0.110. The molecule has 0 unspecified atom stereocenters. The van der Waals surface area contributed by atoms with Crippen LogP contribution in [0, 0.1) is 0 Å². The van der Waals surface area contributed by atoms with Gasteiger partial charge in [0.15, 0.2) is 0 Å². The first-order valence-corrected chi connectivity index (χ1v) is 7.30. The van der Waals surface area contributed by atoms with Gasteiger partial charge in [0, 0.05) is 19.6 Å². The van der Waals surface area contributed by atoms with E-state index >= 15 is 0 Å². The Bertz CT molecular complexity index is 503. The minimum Gasteiger partial charge on any atom is -0.478 e. The van der Waals surface area contributed by atoms with E-state index in [4.69, 9.17) is 15.8 Å². The number of benzene rings is 1. The molecule has 0 aliphatic carbocycles. The van der Waals surface area contributed by atoms with Crippen molar-refractivity contribution >= 4 is 57.6 Å². The van der Waals surface area contributed by atoms with E-state index in [1.807, 2.05) is 0 Å². The van der Waals surface area contributed by atoms with E-state index in [-0.39, 0.29) is 19.4 Å². The van der Waals surface area contributed by atoms with Gasteiger partial charge in [-0.05, 0) is 44.0 Å². The topological polar surface area (TPSA) is 71.4 Å². The van der Waals surface area contributed by atoms with Gasteiger partial charge in [0.05, 0.1) is 5.56 Å². The summed E-state index contributed by atoms with van der Waals surface area (Å²) in [5.74, 6) is -1.16. The standard InChI is InChI=1S/C7H3Br2ClO4S/c8-4-1-3(7(11)12)2-5(9)6(4)15(10,13)14/h1-2H,(H,11,12). The Morgan fingerprint density at radius 1 is 1.27 bits per heavy atom. The number of hydrogen-bond donors (Lipinski definition) is 1. The van der Waals surface area contributed by atoms with Crippen LogP contribution in [0.25, 0.3) is 0 Å². The monoisotopic (exact) mass is 376 g/mol. The number of carboxylic acid groups (broad SMARTS) is 1. The van der Waals surface area contributed by atoms with Crippen LogP contribution < -0.4 is 0 Å². The van der Waals surface area contributed by atoms with E-state index in [0.29, 0.717) is 0 Å². The molecule has 4 nitrogen and oxygen atoms in total. The molecule has 0 bridgehead atoms. The molecule has 82 valence electrons. The molecule has 8 heteroatoms. The average Bonchev–Trinajstić information content (AvgIpc) is 1.99. The predicted octanol–water partition coefficient (Wildman–Crippen LogP) is 2.84. The van der Waals surface area contributed by atoms with Crippen LogP contribution in [-0.4, -0.2) is 19.5 Å². The summed E-state index contributed by atoms with van der Waals surface area (Å²) in [6.07, 6.45) is 0. The van der Waals surface area contributed by atoms with Crippen molar-refractivity contribution in [3.8, 4) is 0 Å². The molecule has 0 saturated heterocycles. The second-order valence-corrected chi connectivity index (χ2v) is 6.72. The van der Waals surface area contributed by atoms with Gasteiger partial charge in [-0.15, -0.1) is 0 Å². The van der Waals surface area contributed by atoms with Gasteiger partial charge in [0.1, 0.15) is 4.90 Å². The van der Waals surface area contributed by atoms with Crippen LogP contribution in [0.5, 0.6) is 0 Å². The van der Waals surface area contributed by atoms with Gasteiger partial charge in [-0.3, -0.25) is 0 Å². The van der Waals surface area contributed by atoms with Crippen LogP contribution in [0.15, 0.2) is 26.0 Å². The summed E-state index contributed by atoms with van der Waals surface area (Å²) in [6.45, 7) is 0. The van der Waals surface area contributed by atoms with Gasteiger partial charge in [-0.25, -0.2) is 13.2 Å². The molecule has 1 rings (SSSR count). The van der Waals surface area contributed by atoms with Crippen LogP contribution in [0.3, 0.4) is 0 Å². The molecule has 15 heavy (non-hydrogen) atoms. The molecular weight excluding hydrogens is 375 g/mol. The Morgan fingerprint density at radius 3 is 1.93 bits per heavy atom. The number of carboxylic acids is 1. The highest BCUT2D eigenvalue weighted by Gasteiger charge is 2.20. The van der Waals surface area contributed by atoms with Crippen LogP contribution >= 0.6 is 42.5 Å². The number of carbonyl (C=O) groups is 1. The maximum absolute atomic E-state index is 11.1. The predicted molar refractivity (Wildman–Crippen MR) is 61.8 cm³/mol. The molecule has 1 N–H and O–H groups in total. The van der Waals surface area contributed by atoms with Gasteiger partial charge < -0.3 is 5.11 Å². The number of aromatic carboxylic acids is 1. The van der Waals surface area contributed by atoms with Crippen molar-refractivity contribution in [3.05, 3.63) is 26.6 Å². The van der Waals surface area contributed by atoms with E-state index in [1.165, 1.54) is 12.1 Å². The van der Waals surface area contributed by atoms with Crippen LogP contribution in [0.4, 0.5) is 0 Å². The molecular formula is C7H3Br2ClO4S. The largest absolute Gasteiger partial charge is 0.478 e. The van der Waals surface area contributed by atoms with Crippen LogP contribution in [0.1, 0.15) is 10.4 Å². The molecule has 0 heterocycles. The normalized spacial score (nSPS) is 11.4. The van der Waals surface area contributed by atoms with Gasteiger partial charge in [-0.2, -0.15) is 0 Å². The minimum absolute atomic E-state index is 0.0437. The zero-order chi connectivity index (χ0) is 11.8. The quantitative estimate of drug-likeness (QED) is 0.804. The summed E-state index contributed by atoms with van der Waals surface area (Å²) in [4.78, 5) is 10.5. The molecule has 0 spiro atoms. The Kier molecular flexibility index (Phi) is 3.80. The second-order valence-electron chi connectivity index (χ2n) is 2.51. The first-order valence-electron chi connectivity index (χ1n) is 3.40. The molecule has 0 radical (unpaired) electrons. The summed E-state index contributed by atoms with van der Waals surface area (Å²) < 4.78 is 22.4. The lowest BCUT2D eigenvalue weighted by molar-refractivity contribution is 0.0696. The third kappa shape index (κ3) is 2.93. The third-order valence-corrected chi connectivity index (χ3v) is 4.66. The first-order chi connectivity index (χ1) is 6.73. The fraction of sp³-hybridized carbons (Fsp3) is 0. The summed E-state index contributed by atoms with van der Waals surface area (Å²) in [7, 11) is 1.24. The van der Waals surface area contributed by atoms with Crippen LogP contribution in [0.2, 0.25) is 0 Å². The van der Waals surface area contributed by atoms with Crippen molar-refractivity contribution in [2.75, 3.05) is 0 Å². The Morgan fingerprint density at radius 2 is 1.67 bits per heavy atom. The van der Waals surface area contributed by atoms with E-state index in [2.05, 4.69) is 31.9 Å². The highest BCUT2D eigenvalue weighted by atomic mass is 79.9. The summed E-state index contributed by atoms with van der Waals surface area (Å²) in [5.41, 5.74) is -0.0437. The van der Waals surface area contributed by atoms with E-state index < -0.39 is 15.0 Å². The maximum atomic E-state index is 11.1. The highest BCUT2D eigenvalue weighted by Crippen LogP contribution is 2.33. The smallest absolute Gasteiger partial charge is 0.335 e. The lowest BCUT2D eigenvalue weighted by Crippen LogP contribution is -2.00. The number of rotatable bonds is 2. The van der Waals surface area contributed by atoms with Gasteiger partial charge in [-0.1, -0.05) is 0 Å². The fourth-order valence-corrected chi connectivity index (χ4v) is 5.02. The van der Waals surface area contributed by atoms with Gasteiger partial charge in [0.25, 0.3) is 9.05 Å². The lowest BCUT2D eigenvalue weighted by atomic mass is 10.2. The Labute approximate surface area is 107 Å². The SMILES string of the molecule is O=C(O)c1cc(Br)c(S(=O)(=O)Cl)c(Br)c1. The summed E-state index contributed by atoms with van der Waals surface area (Å²) in [5, 5.41) is 8.70. The average molecular weight is 378 g/mol. The molecule has 0 saturated carbocycles. The molecule has 0 amide bonds. The zero-order valence-electron chi connectivity index (χ0n) is 6.87. The van der Waals surface area contributed by atoms with Crippen molar-refractivity contribution in [2.24, 2.45) is 0 Å². The molecule has 1 aromatic rings. The second kappa shape index (κ2) is 4.40. The first kappa shape index (κ1) is 13.0. The van der Waals surface area contributed by atoms with Crippen molar-refractivity contribution in [3.63, 3.8) is 0 Å². The lowest BCUT2D eigenvalue weighted by Gasteiger charge is -2.04. The number of hydrogen-bond acceptors (Lipinski definition) is 3. The Balaban J connectivity index is 3.55. The highest BCUT2D eigenvalue weighted by molar-refractivity contribution is 9.11. The third-order valence-electron chi connectivity index (χ3n) is 1.49. The zero-order valence-corrected chi connectivity index (χ0v) is 11.6. The van der Waals surface area contributed by atoms with E-state index in [1.54, 1.807) is 0 Å². The summed E-state index contributed by atoms with van der Waals surface area (Å²) in [6, 6.07) is 2.34. The molecule has 1 aromatic carbocycles. The van der Waals surface area contributed by atoms with Crippen molar-refractivity contribution in [1.82, 2.24) is 0 Å². The minimum atomic E-state index is -3.92. The summed E-state index contributed by atoms with van der Waals surface area (Å²) >= 11 is 5.89. The molecule has 0 aliphatic heterocycles. The molecule has 0 fully saturated rings. The number of halogens is 3. The van der Waals surface area contributed by atoms with Gasteiger partial charge >= 0.3 is 5.97 Å². The van der Waals surface area contributed by atoms with Crippen molar-refractivity contribution in [2.45, 2.75) is 4.90 Å². The molecule has 0 aromatic heterocycles. The van der Waals surface area contributed by atoms with E-state index in [0.717, 1.165) is 0 Å². The van der Waals surface area contributed by atoms with Crippen LogP contribution in [-0.2, 0) is 9.05 Å². The molecule has 0 atom stereocenters. The van der Waals surface area contributed by atoms with E-state index in [9.17, 15) is 13.2 Å². The maximum Gasteiger partial charge on any atom is 0.335 e. The van der Waals surface area contributed by atoms with Crippen molar-refractivity contribution in [1.29, 1.82) is 0 Å². The fourth-order valence-electron chi connectivity index (χ4n) is 0.916. The van der Waals surface area contributed by atoms with Gasteiger partial charge in [0.2, 0.25) is 0 Å². The van der Waals surface area contributed by atoms with Crippen molar-refractivity contribution < 1.29 is 18.3 Å². The molecule has 0 aliphatic rings.